The molecule has 0 aliphatic heterocycles. The van der Waals surface area contributed by atoms with Crippen molar-refractivity contribution in [2.45, 2.75) is 20.4 Å². The number of rotatable bonds is 5. The van der Waals surface area contributed by atoms with Gasteiger partial charge in [0, 0.05) is 18.2 Å². The topological polar surface area (TPSA) is 53.4 Å². The standard InChI is InChI=1S/C17H20N2O2S/c1-11(8-15(20)21)17-16(18-12(2)22-17)14-7-5-6-13(9-14)10-19(3)4/h5-9H,10H2,1-4H3,(H,20,21)/b11-8+. The number of thiazole rings is 1. The highest BCUT2D eigenvalue weighted by Gasteiger charge is 2.14. The number of aliphatic carboxylic acids is 1. The molecule has 2 aromatic rings. The summed E-state index contributed by atoms with van der Waals surface area (Å²) < 4.78 is 0. The molecule has 0 aliphatic rings. The van der Waals surface area contributed by atoms with Crippen LogP contribution in [0.2, 0.25) is 0 Å². The van der Waals surface area contributed by atoms with Crippen molar-refractivity contribution in [1.82, 2.24) is 9.88 Å². The second-order valence-corrected chi connectivity index (χ2v) is 6.72. The summed E-state index contributed by atoms with van der Waals surface area (Å²) in [4.78, 5) is 18.5. The number of aromatic nitrogens is 1. The van der Waals surface area contributed by atoms with Crippen LogP contribution in [0.15, 0.2) is 30.3 Å². The summed E-state index contributed by atoms with van der Waals surface area (Å²) >= 11 is 1.53. The maximum absolute atomic E-state index is 10.9. The van der Waals surface area contributed by atoms with Gasteiger partial charge in [0.25, 0.3) is 0 Å². The van der Waals surface area contributed by atoms with Crippen LogP contribution in [0.4, 0.5) is 0 Å². The highest BCUT2D eigenvalue weighted by atomic mass is 32.1. The molecule has 0 saturated carbocycles. The number of benzene rings is 1. The van der Waals surface area contributed by atoms with Crippen LogP contribution in [0.25, 0.3) is 16.8 Å². The zero-order valence-electron chi connectivity index (χ0n) is 13.3. The average Bonchev–Trinajstić information content (AvgIpc) is 2.80. The lowest BCUT2D eigenvalue weighted by Crippen LogP contribution is -2.10. The van der Waals surface area contributed by atoms with Gasteiger partial charge in [0.2, 0.25) is 0 Å². The van der Waals surface area contributed by atoms with Crippen LogP contribution >= 0.6 is 11.3 Å². The van der Waals surface area contributed by atoms with Gasteiger partial charge in [-0.15, -0.1) is 11.3 Å². The summed E-state index contributed by atoms with van der Waals surface area (Å²) in [5, 5.41) is 9.89. The van der Waals surface area contributed by atoms with Crippen molar-refractivity contribution in [3.63, 3.8) is 0 Å². The van der Waals surface area contributed by atoms with Gasteiger partial charge in [-0.1, -0.05) is 18.2 Å². The summed E-state index contributed by atoms with van der Waals surface area (Å²) in [5.41, 5.74) is 3.82. The van der Waals surface area contributed by atoms with Crippen molar-refractivity contribution in [3.05, 3.63) is 45.8 Å². The molecule has 0 radical (unpaired) electrons. The summed E-state index contributed by atoms with van der Waals surface area (Å²) in [6.45, 7) is 4.61. The van der Waals surface area contributed by atoms with Crippen molar-refractivity contribution in [2.24, 2.45) is 0 Å². The van der Waals surface area contributed by atoms with Crippen LogP contribution in [0.3, 0.4) is 0 Å². The molecule has 1 aromatic carbocycles. The number of hydrogen-bond acceptors (Lipinski definition) is 4. The lowest BCUT2D eigenvalue weighted by Gasteiger charge is -2.11. The van der Waals surface area contributed by atoms with Crippen LogP contribution in [-0.2, 0) is 11.3 Å². The highest BCUT2D eigenvalue weighted by Crippen LogP contribution is 2.33. The predicted molar refractivity (Wildman–Crippen MR) is 91.0 cm³/mol. The van der Waals surface area contributed by atoms with Crippen LogP contribution < -0.4 is 0 Å². The predicted octanol–water partition coefficient (Wildman–Crippen LogP) is 3.67. The van der Waals surface area contributed by atoms with Gasteiger partial charge in [-0.25, -0.2) is 9.78 Å². The summed E-state index contributed by atoms with van der Waals surface area (Å²) in [6, 6.07) is 8.24. The van der Waals surface area contributed by atoms with Gasteiger partial charge in [0.1, 0.15) is 0 Å². The molecule has 0 saturated heterocycles. The first-order valence-corrected chi connectivity index (χ1v) is 7.81. The molecule has 1 aromatic heterocycles. The Bertz CT molecular complexity index is 717. The van der Waals surface area contributed by atoms with Gasteiger partial charge < -0.3 is 10.0 Å². The van der Waals surface area contributed by atoms with Crippen molar-refractivity contribution in [3.8, 4) is 11.3 Å². The smallest absolute Gasteiger partial charge is 0.328 e. The molecular weight excluding hydrogens is 296 g/mol. The fraction of sp³-hybridized carbons (Fsp3) is 0.294. The Labute approximate surface area is 134 Å². The number of nitrogens with zero attached hydrogens (tertiary/aromatic N) is 2. The van der Waals surface area contributed by atoms with Gasteiger partial charge in [-0.05, 0) is 45.1 Å². The third-order valence-corrected chi connectivity index (χ3v) is 4.24. The van der Waals surface area contributed by atoms with E-state index in [9.17, 15) is 4.79 Å². The largest absolute Gasteiger partial charge is 0.478 e. The number of hydrogen-bond donors (Lipinski definition) is 1. The number of aryl methyl sites for hydroxylation is 1. The van der Waals surface area contributed by atoms with E-state index in [1.807, 2.05) is 40.1 Å². The Hall–Kier alpha value is -1.98. The van der Waals surface area contributed by atoms with Crippen molar-refractivity contribution in [2.75, 3.05) is 14.1 Å². The minimum Gasteiger partial charge on any atom is -0.478 e. The first kappa shape index (κ1) is 16.4. The molecule has 0 bridgehead atoms. The van der Waals surface area contributed by atoms with Gasteiger partial charge >= 0.3 is 5.97 Å². The maximum atomic E-state index is 10.9. The van der Waals surface area contributed by atoms with E-state index in [1.54, 1.807) is 0 Å². The zero-order chi connectivity index (χ0) is 16.3. The van der Waals surface area contributed by atoms with Crippen molar-refractivity contribution >= 4 is 22.9 Å². The normalized spacial score (nSPS) is 12.0. The second-order valence-electron chi connectivity index (χ2n) is 5.51. The molecule has 0 amide bonds. The molecule has 2 rings (SSSR count). The van der Waals surface area contributed by atoms with E-state index >= 15 is 0 Å². The molecule has 0 fully saturated rings. The van der Waals surface area contributed by atoms with Crippen LogP contribution in [0, 0.1) is 6.92 Å². The SMILES string of the molecule is C/C(=C\C(=O)O)c1sc(C)nc1-c1cccc(CN(C)C)c1. The Morgan fingerprint density at radius 1 is 1.41 bits per heavy atom. The second kappa shape index (κ2) is 6.85. The first-order chi connectivity index (χ1) is 10.4. The summed E-state index contributed by atoms with van der Waals surface area (Å²) in [5.74, 6) is -0.934. The lowest BCUT2D eigenvalue weighted by atomic mass is 10.0. The fourth-order valence-electron chi connectivity index (χ4n) is 2.32. The van der Waals surface area contributed by atoms with E-state index in [4.69, 9.17) is 5.11 Å². The van der Waals surface area contributed by atoms with E-state index in [1.165, 1.54) is 23.0 Å². The van der Waals surface area contributed by atoms with E-state index in [-0.39, 0.29) is 0 Å². The highest BCUT2D eigenvalue weighted by molar-refractivity contribution is 7.13. The summed E-state index contributed by atoms with van der Waals surface area (Å²) in [6.07, 6.45) is 1.24. The van der Waals surface area contributed by atoms with Gasteiger partial charge in [-0.2, -0.15) is 0 Å². The quantitative estimate of drug-likeness (QED) is 0.855. The number of carboxylic acid groups (broad SMARTS) is 1. The van der Waals surface area contributed by atoms with Gasteiger partial charge in [0.15, 0.2) is 0 Å². The molecular formula is C17H20N2O2S. The zero-order valence-corrected chi connectivity index (χ0v) is 14.1. The summed E-state index contributed by atoms with van der Waals surface area (Å²) in [7, 11) is 4.07. The molecule has 0 atom stereocenters. The fourth-order valence-corrected chi connectivity index (χ4v) is 3.24. The van der Waals surface area contributed by atoms with E-state index in [2.05, 4.69) is 22.0 Å². The van der Waals surface area contributed by atoms with Crippen molar-refractivity contribution in [1.29, 1.82) is 0 Å². The number of carbonyl (C=O) groups is 1. The Morgan fingerprint density at radius 3 is 2.77 bits per heavy atom. The molecule has 0 unspecified atom stereocenters. The van der Waals surface area contributed by atoms with E-state index < -0.39 is 5.97 Å². The number of carboxylic acids is 1. The van der Waals surface area contributed by atoms with Gasteiger partial charge in [0.05, 0.1) is 15.6 Å². The molecule has 4 nitrogen and oxygen atoms in total. The minimum atomic E-state index is -0.934. The molecule has 22 heavy (non-hydrogen) atoms. The maximum Gasteiger partial charge on any atom is 0.328 e. The molecule has 1 heterocycles. The monoisotopic (exact) mass is 316 g/mol. The molecule has 116 valence electrons. The van der Waals surface area contributed by atoms with Gasteiger partial charge in [-0.3, -0.25) is 0 Å². The third kappa shape index (κ3) is 4.02. The molecule has 1 N–H and O–H groups in total. The Kier molecular flexibility index (Phi) is 5.11. The average molecular weight is 316 g/mol. The van der Waals surface area contributed by atoms with E-state index in [0.29, 0.717) is 0 Å². The first-order valence-electron chi connectivity index (χ1n) is 7.00. The van der Waals surface area contributed by atoms with Crippen molar-refractivity contribution < 1.29 is 9.90 Å². The molecule has 5 heteroatoms. The molecule has 0 spiro atoms. The molecule has 0 aliphatic carbocycles. The van der Waals surface area contributed by atoms with Crippen LogP contribution in [-0.4, -0.2) is 35.1 Å². The minimum absolute atomic E-state index is 0.728. The lowest BCUT2D eigenvalue weighted by molar-refractivity contribution is -0.131. The Balaban J connectivity index is 2.47. The van der Waals surface area contributed by atoms with E-state index in [0.717, 1.165) is 33.3 Å². The van der Waals surface area contributed by atoms with Crippen LogP contribution in [0.5, 0.6) is 0 Å². The number of allylic oxidation sites excluding steroid dienone is 1. The Morgan fingerprint density at radius 2 is 2.14 bits per heavy atom. The third-order valence-electron chi connectivity index (χ3n) is 3.13. The van der Waals surface area contributed by atoms with Crippen LogP contribution in [0.1, 0.15) is 22.4 Å².